The molecule has 1 heterocycles. The molecule has 0 amide bonds. The number of hydrogen-bond acceptors (Lipinski definition) is 4. The van der Waals surface area contributed by atoms with Crippen LogP contribution in [0.1, 0.15) is 12.6 Å². The molecule has 0 spiro atoms. The lowest BCUT2D eigenvalue weighted by Gasteiger charge is -2.19. The molecule has 0 aromatic carbocycles. The summed E-state index contributed by atoms with van der Waals surface area (Å²) in [6, 6.07) is 0. The van der Waals surface area contributed by atoms with E-state index in [0.29, 0.717) is 5.69 Å². The van der Waals surface area contributed by atoms with Crippen molar-refractivity contribution >= 4 is 21.6 Å². The SMILES string of the molecule is CCN(CCO)S(=O)(=O)c1c(C)nn(C)c1Cl. The molecule has 6 nitrogen and oxygen atoms in total. The van der Waals surface area contributed by atoms with Crippen LogP contribution in [-0.2, 0) is 17.1 Å². The summed E-state index contributed by atoms with van der Waals surface area (Å²) in [6.45, 7) is 3.37. The standard InChI is InChI=1S/C9H16ClN3O3S/c1-4-13(5-6-14)17(15,16)8-7(2)11-12(3)9(8)10/h14H,4-6H2,1-3H3. The van der Waals surface area contributed by atoms with Crippen LogP contribution in [0.15, 0.2) is 4.90 Å². The van der Waals surface area contributed by atoms with Gasteiger partial charge in [-0.15, -0.1) is 0 Å². The Bertz CT molecular complexity index is 498. The lowest BCUT2D eigenvalue weighted by atomic mass is 10.5. The van der Waals surface area contributed by atoms with Crippen molar-refractivity contribution in [1.82, 2.24) is 14.1 Å². The van der Waals surface area contributed by atoms with Gasteiger partial charge in [0.25, 0.3) is 0 Å². The first kappa shape index (κ1) is 14.4. The molecule has 0 saturated heterocycles. The van der Waals surface area contributed by atoms with E-state index in [1.54, 1.807) is 20.9 Å². The van der Waals surface area contributed by atoms with Crippen molar-refractivity contribution in [2.24, 2.45) is 7.05 Å². The van der Waals surface area contributed by atoms with Crippen LogP contribution in [0.3, 0.4) is 0 Å². The van der Waals surface area contributed by atoms with Crippen LogP contribution in [0.25, 0.3) is 0 Å². The van der Waals surface area contributed by atoms with Crippen molar-refractivity contribution in [2.75, 3.05) is 19.7 Å². The molecule has 1 aromatic heterocycles. The summed E-state index contributed by atoms with van der Waals surface area (Å²) in [5.41, 5.74) is 0.355. The molecule has 0 aliphatic rings. The lowest BCUT2D eigenvalue weighted by molar-refractivity contribution is 0.257. The third-order valence-corrected chi connectivity index (χ3v) is 5.07. The van der Waals surface area contributed by atoms with E-state index >= 15 is 0 Å². The van der Waals surface area contributed by atoms with Gasteiger partial charge in [-0.3, -0.25) is 4.68 Å². The van der Waals surface area contributed by atoms with E-state index < -0.39 is 10.0 Å². The maximum absolute atomic E-state index is 12.3. The first-order chi connectivity index (χ1) is 7.86. The smallest absolute Gasteiger partial charge is 0.248 e. The molecule has 0 bridgehead atoms. The zero-order valence-electron chi connectivity index (χ0n) is 10.0. The van der Waals surface area contributed by atoms with Gasteiger partial charge in [0.15, 0.2) is 0 Å². The van der Waals surface area contributed by atoms with E-state index in [2.05, 4.69) is 5.10 Å². The van der Waals surface area contributed by atoms with E-state index in [1.165, 1.54) is 8.99 Å². The van der Waals surface area contributed by atoms with E-state index in [4.69, 9.17) is 16.7 Å². The minimum Gasteiger partial charge on any atom is -0.395 e. The van der Waals surface area contributed by atoms with Gasteiger partial charge in [0.2, 0.25) is 10.0 Å². The van der Waals surface area contributed by atoms with Crippen molar-refractivity contribution < 1.29 is 13.5 Å². The summed E-state index contributed by atoms with van der Waals surface area (Å²) in [7, 11) is -2.12. The second-order valence-electron chi connectivity index (χ2n) is 3.55. The van der Waals surface area contributed by atoms with Gasteiger partial charge in [-0.05, 0) is 6.92 Å². The third kappa shape index (κ3) is 2.62. The molecular weight excluding hydrogens is 266 g/mol. The van der Waals surface area contributed by atoms with Crippen molar-refractivity contribution in [3.05, 3.63) is 10.8 Å². The Morgan fingerprint density at radius 2 is 2.12 bits per heavy atom. The molecule has 1 N–H and O–H groups in total. The number of rotatable bonds is 5. The number of aromatic nitrogens is 2. The molecule has 0 aliphatic carbocycles. The highest BCUT2D eigenvalue weighted by atomic mass is 35.5. The van der Waals surface area contributed by atoms with Gasteiger partial charge < -0.3 is 5.11 Å². The maximum atomic E-state index is 12.3. The zero-order valence-corrected chi connectivity index (χ0v) is 11.6. The minimum absolute atomic E-state index is 0.0111. The topological polar surface area (TPSA) is 75.4 Å². The van der Waals surface area contributed by atoms with Crippen molar-refractivity contribution in [3.8, 4) is 0 Å². The average molecular weight is 282 g/mol. The molecule has 0 aliphatic heterocycles. The summed E-state index contributed by atoms with van der Waals surface area (Å²) in [5.74, 6) is 0. The van der Waals surface area contributed by atoms with Crippen LogP contribution in [-0.4, -0.2) is 47.3 Å². The predicted octanol–water partition coefficient (Wildman–Crippen LogP) is 0.385. The molecular formula is C9H16ClN3O3S. The number of sulfonamides is 1. The Labute approximate surface area is 106 Å². The normalized spacial score (nSPS) is 12.4. The second kappa shape index (κ2) is 5.34. The largest absolute Gasteiger partial charge is 0.395 e. The lowest BCUT2D eigenvalue weighted by Crippen LogP contribution is -2.33. The Morgan fingerprint density at radius 3 is 2.47 bits per heavy atom. The number of likely N-dealkylation sites (N-methyl/N-ethyl adjacent to an activating group) is 1. The van der Waals surface area contributed by atoms with Gasteiger partial charge in [-0.25, -0.2) is 8.42 Å². The first-order valence-electron chi connectivity index (χ1n) is 5.16. The summed E-state index contributed by atoms with van der Waals surface area (Å²) >= 11 is 5.93. The molecule has 0 unspecified atom stereocenters. The number of hydrogen-bond donors (Lipinski definition) is 1. The second-order valence-corrected chi connectivity index (χ2v) is 5.78. The molecule has 1 aromatic rings. The van der Waals surface area contributed by atoms with Gasteiger partial charge in [0.1, 0.15) is 10.0 Å². The molecule has 0 fully saturated rings. The quantitative estimate of drug-likeness (QED) is 0.847. The fraction of sp³-hybridized carbons (Fsp3) is 0.667. The first-order valence-corrected chi connectivity index (χ1v) is 6.98. The van der Waals surface area contributed by atoms with Crippen LogP contribution in [0.5, 0.6) is 0 Å². The number of aliphatic hydroxyl groups excluding tert-OH is 1. The predicted molar refractivity (Wildman–Crippen MR) is 64.5 cm³/mol. The Hall–Kier alpha value is -0.630. The monoisotopic (exact) mass is 281 g/mol. The average Bonchev–Trinajstić information content (AvgIpc) is 2.49. The fourth-order valence-corrected chi connectivity index (χ4v) is 3.74. The van der Waals surface area contributed by atoms with E-state index in [1.807, 2.05) is 0 Å². The van der Waals surface area contributed by atoms with Crippen molar-refractivity contribution in [2.45, 2.75) is 18.7 Å². The Kier molecular flexibility index (Phi) is 4.54. The molecule has 17 heavy (non-hydrogen) atoms. The number of aryl methyl sites for hydroxylation is 2. The molecule has 1 rings (SSSR count). The van der Waals surface area contributed by atoms with E-state index in [-0.39, 0.29) is 29.7 Å². The molecule has 8 heteroatoms. The van der Waals surface area contributed by atoms with Crippen LogP contribution < -0.4 is 0 Å². The van der Waals surface area contributed by atoms with Crippen LogP contribution >= 0.6 is 11.6 Å². The number of nitrogens with zero attached hydrogens (tertiary/aromatic N) is 3. The highest BCUT2D eigenvalue weighted by molar-refractivity contribution is 7.89. The van der Waals surface area contributed by atoms with E-state index in [9.17, 15) is 8.42 Å². The molecule has 0 saturated carbocycles. The Balaban J connectivity index is 3.30. The number of halogens is 1. The van der Waals surface area contributed by atoms with Crippen LogP contribution in [0, 0.1) is 6.92 Å². The summed E-state index contributed by atoms with van der Waals surface area (Å²) in [6.07, 6.45) is 0. The van der Waals surface area contributed by atoms with Gasteiger partial charge in [0.05, 0.1) is 12.3 Å². The molecule has 98 valence electrons. The van der Waals surface area contributed by atoms with E-state index in [0.717, 1.165) is 0 Å². The van der Waals surface area contributed by atoms with Crippen molar-refractivity contribution in [1.29, 1.82) is 0 Å². The summed E-state index contributed by atoms with van der Waals surface area (Å²) in [4.78, 5) is 0.0111. The summed E-state index contributed by atoms with van der Waals surface area (Å²) < 4.78 is 27.1. The van der Waals surface area contributed by atoms with Gasteiger partial charge in [-0.2, -0.15) is 9.40 Å². The van der Waals surface area contributed by atoms with Crippen LogP contribution in [0.2, 0.25) is 5.15 Å². The number of aliphatic hydroxyl groups is 1. The highest BCUT2D eigenvalue weighted by Crippen LogP contribution is 2.26. The molecule has 0 atom stereocenters. The summed E-state index contributed by atoms with van der Waals surface area (Å²) in [5, 5.41) is 12.9. The van der Waals surface area contributed by atoms with Crippen molar-refractivity contribution in [3.63, 3.8) is 0 Å². The van der Waals surface area contributed by atoms with Gasteiger partial charge in [-0.1, -0.05) is 18.5 Å². The highest BCUT2D eigenvalue weighted by Gasteiger charge is 2.30. The Morgan fingerprint density at radius 1 is 1.53 bits per heavy atom. The zero-order chi connectivity index (χ0) is 13.2. The maximum Gasteiger partial charge on any atom is 0.248 e. The van der Waals surface area contributed by atoms with Gasteiger partial charge in [0, 0.05) is 20.1 Å². The minimum atomic E-state index is -3.70. The fourth-order valence-electron chi connectivity index (χ4n) is 1.59. The van der Waals surface area contributed by atoms with Gasteiger partial charge >= 0.3 is 0 Å². The van der Waals surface area contributed by atoms with Crippen LogP contribution in [0.4, 0.5) is 0 Å². The third-order valence-electron chi connectivity index (χ3n) is 2.40. The molecule has 0 radical (unpaired) electrons.